The lowest BCUT2D eigenvalue weighted by Gasteiger charge is -2.23. The molecule has 0 aliphatic heterocycles. The molecule has 0 atom stereocenters. The summed E-state index contributed by atoms with van der Waals surface area (Å²) in [6, 6.07) is 4.42. The third-order valence-electron chi connectivity index (χ3n) is 2.69. The molecule has 1 amide bonds. The second kappa shape index (κ2) is 5.80. The minimum atomic E-state index is -3.77. The van der Waals surface area contributed by atoms with Crippen LogP contribution in [-0.4, -0.2) is 20.9 Å². The van der Waals surface area contributed by atoms with Gasteiger partial charge in [0.05, 0.1) is 17.9 Å². The second-order valence-electron chi connectivity index (χ2n) is 5.52. The molecule has 6 nitrogen and oxygen atoms in total. The van der Waals surface area contributed by atoms with Gasteiger partial charge in [0.15, 0.2) is 0 Å². The van der Waals surface area contributed by atoms with Crippen molar-refractivity contribution in [3.8, 4) is 5.75 Å². The van der Waals surface area contributed by atoms with Gasteiger partial charge in [0.2, 0.25) is 15.9 Å². The number of rotatable bonds is 5. The number of primary sulfonamides is 1. The van der Waals surface area contributed by atoms with Crippen LogP contribution < -0.4 is 15.6 Å². The fraction of sp³-hybridized carbons (Fsp3) is 0.462. The summed E-state index contributed by atoms with van der Waals surface area (Å²) in [6.07, 6.45) is 0.0977. The third kappa shape index (κ3) is 4.50. The van der Waals surface area contributed by atoms with Gasteiger partial charge in [0, 0.05) is 5.56 Å². The van der Waals surface area contributed by atoms with E-state index in [4.69, 9.17) is 15.6 Å². The number of amides is 1. The molecule has 7 heteroatoms. The molecule has 0 saturated carbocycles. The van der Waals surface area contributed by atoms with E-state index in [9.17, 15) is 13.2 Å². The first-order valence-corrected chi connectivity index (χ1v) is 7.65. The van der Waals surface area contributed by atoms with E-state index >= 15 is 0 Å². The molecule has 1 aromatic rings. The maximum Gasteiger partial charge on any atom is 0.238 e. The Hall–Kier alpha value is -1.60. The highest BCUT2D eigenvalue weighted by Crippen LogP contribution is 2.33. The lowest BCUT2D eigenvalue weighted by atomic mass is 9.86. The molecule has 0 aliphatic rings. The minimum Gasteiger partial charge on any atom is -0.493 e. The molecule has 0 fully saturated rings. The number of sulfonamides is 1. The topological polar surface area (TPSA) is 112 Å². The van der Waals surface area contributed by atoms with Crippen LogP contribution in [0.2, 0.25) is 0 Å². The summed E-state index contributed by atoms with van der Waals surface area (Å²) < 4.78 is 28.3. The molecule has 0 aliphatic carbocycles. The molecule has 0 saturated heterocycles. The number of carbonyl (C=O) groups is 1. The number of primary amides is 1. The summed E-state index contributed by atoms with van der Waals surface area (Å²) in [7, 11) is -3.77. The molecular formula is C13H20N2O4S. The van der Waals surface area contributed by atoms with Crippen molar-refractivity contribution in [2.75, 3.05) is 6.61 Å². The van der Waals surface area contributed by atoms with Crippen molar-refractivity contribution in [2.24, 2.45) is 10.9 Å². The fourth-order valence-corrected chi connectivity index (χ4v) is 2.20. The summed E-state index contributed by atoms with van der Waals surface area (Å²) in [5.41, 5.74) is 5.42. The SMILES string of the molecule is CC(C)(C)c1cc(S(N)(=O)=O)ccc1OCCC(N)=O. The highest BCUT2D eigenvalue weighted by molar-refractivity contribution is 7.89. The van der Waals surface area contributed by atoms with Gasteiger partial charge >= 0.3 is 0 Å². The Labute approximate surface area is 119 Å². The van der Waals surface area contributed by atoms with E-state index in [0.717, 1.165) is 0 Å². The van der Waals surface area contributed by atoms with Crippen molar-refractivity contribution in [2.45, 2.75) is 37.5 Å². The summed E-state index contributed by atoms with van der Waals surface area (Å²) in [6.45, 7) is 5.93. The van der Waals surface area contributed by atoms with Crippen molar-refractivity contribution in [3.63, 3.8) is 0 Å². The Bertz CT molecular complexity index is 603. The molecule has 0 spiro atoms. The molecule has 112 valence electrons. The van der Waals surface area contributed by atoms with E-state index in [1.807, 2.05) is 20.8 Å². The molecule has 1 aromatic carbocycles. The standard InChI is InChI=1S/C13H20N2O4S/c1-13(2,3)10-8-9(20(15,17)18)4-5-11(10)19-7-6-12(14)16/h4-5,8H,6-7H2,1-3H3,(H2,14,16)(H2,15,17,18). The van der Waals surface area contributed by atoms with Crippen LogP contribution in [0, 0.1) is 0 Å². The summed E-state index contributed by atoms with van der Waals surface area (Å²) in [4.78, 5) is 10.7. The zero-order chi connectivity index (χ0) is 15.6. The molecule has 4 N–H and O–H groups in total. The molecule has 20 heavy (non-hydrogen) atoms. The van der Waals surface area contributed by atoms with Gasteiger partial charge in [0.1, 0.15) is 5.75 Å². The van der Waals surface area contributed by atoms with Crippen LogP contribution in [0.1, 0.15) is 32.8 Å². The lowest BCUT2D eigenvalue weighted by molar-refractivity contribution is -0.118. The number of hydrogen-bond acceptors (Lipinski definition) is 4. The molecule has 0 unspecified atom stereocenters. The summed E-state index contributed by atoms with van der Waals surface area (Å²) in [5.74, 6) is 0.0645. The van der Waals surface area contributed by atoms with Gasteiger partial charge in [-0.05, 0) is 23.6 Å². The van der Waals surface area contributed by atoms with E-state index in [1.165, 1.54) is 12.1 Å². The maximum atomic E-state index is 11.4. The van der Waals surface area contributed by atoms with Gasteiger partial charge in [-0.3, -0.25) is 4.79 Å². The Balaban J connectivity index is 3.15. The van der Waals surface area contributed by atoms with Crippen molar-refractivity contribution < 1.29 is 17.9 Å². The Morgan fingerprint density at radius 2 is 1.90 bits per heavy atom. The maximum absolute atomic E-state index is 11.4. The number of nitrogens with two attached hydrogens (primary N) is 2. The van der Waals surface area contributed by atoms with Crippen LogP contribution in [0.3, 0.4) is 0 Å². The van der Waals surface area contributed by atoms with E-state index in [-0.39, 0.29) is 23.3 Å². The smallest absolute Gasteiger partial charge is 0.238 e. The number of hydrogen-bond donors (Lipinski definition) is 2. The largest absolute Gasteiger partial charge is 0.493 e. The first-order chi connectivity index (χ1) is 9.01. The van der Waals surface area contributed by atoms with Crippen molar-refractivity contribution in [3.05, 3.63) is 23.8 Å². The molecule has 0 bridgehead atoms. The zero-order valence-electron chi connectivity index (χ0n) is 11.8. The summed E-state index contributed by atoms with van der Waals surface area (Å²) >= 11 is 0. The fourth-order valence-electron chi connectivity index (χ4n) is 1.66. The van der Waals surface area contributed by atoms with Crippen molar-refractivity contribution in [1.29, 1.82) is 0 Å². The predicted molar refractivity (Wildman–Crippen MR) is 75.8 cm³/mol. The van der Waals surface area contributed by atoms with E-state index < -0.39 is 15.9 Å². The van der Waals surface area contributed by atoms with Crippen molar-refractivity contribution in [1.82, 2.24) is 0 Å². The van der Waals surface area contributed by atoms with Gasteiger partial charge in [-0.2, -0.15) is 0 Å². The van der Waals surface area contributed by atoms with Gasteiger partial charge in [-0.15, -0.1) is 0 Å². The number of benzene rings is 1. The monoisotopic (exact) mass is 300 g/mol. The quantitative estimate of drug-likeness (QED) is 0.840. The van der Waals surface area contributed by atoms with Crippen LogP contribution in [0.25, 0.3) is 0 Å². The first kappa shape index (κ1) is 16.5. The zero-order valence-corrected chi connectivity index (χ0v) is 12.7. The normalized spacial score (nSPS) is 12.2. The van der Waals surface area contributed by atoms with Crippen LogP contribution in [0.4, 0.5) is 0 Å². The van der Waals surface area contributed by atoms with Gasteiger partial charge < -0.3 is 10.5 Å². The minimum absolute atomic E-state index is 0.0321. The molecule has 1 rings (SSSR count). The van der Waals surface area contributed by atoms with Gasteiger partial charge in [-0.25, -0.2) is 13.6 Å². The third-order valence-corrected chi connectivity index (χ3v) is 3.60. The molecule has 0 heterocycles. The van der Waals surface area contributed by atoms with Gasteiger partial charge in [0.25, 0.3) is 0 Å². The van der Waals surface area contributed by atoms with Crippen LogP contribution in [0.15, 0.2) is 23.1 Å². The Morgan fingerprint density at radius 1 is 1.30 bits per heavy atom. The Morgan fingerprint density at radius 3 is 2.35 bits per heavy atom. The highest BCUT2D eigenvalue weighted by atomic mass is 32.2. The molecular weight excluding hydrogens is 280 g/mol. The van der Waals surface area contributed by atoms with E-state index in [1.54, 1.807) is 6.07 Å². The van der Waals surface area contributed by atoms with E-state index in [2.05, 4.69) is 0 Å². The second-order valence-corrected chi connectivity index (χ2v) is 7.08. The Kier molecular flexibility index (Phi) is 4.77. The van der Waals surface area contributed by atoms with Crippen LogP contribution in [-0.2, 0) is 20.2 Å². The number of ether oxygens (including phenoxy) is 1. The van der Waals surface area contributed by atoms with Crippen LogP contribution in [0.5, 0.6) is 5.75 Å². The first-order valence-electron chi connectivity index (χ1n) is 6.10. The predicted octanol–water partition coefficient (Wildman–Crippen LogP) is 0.886. The van der Waals surface area contributed by atoms with E-state index in [0.29, 0.717) is 11.3 Å². The molecule has 0 radical (unpaired) electrons. The average molecular weight is 300 g/mol. The molecule has 0 aromatic heterocycles. The van der Waals surface area contributed by atoms with Gasteiger partial charge in [-0.1, -0.05) is 20.8 Å². The van der Waals surface area contributed by atoms with Crippen molar-refractivity contribution >= 4 is 15.9 Å². The highest BCUT2D eigenvalue weighted by Gasteiger charge is 2.22. The lowest BCUT2D eigenvalue weighted by Crippen LogP contribution is -2.19. The number of carbonyl (C=O) groups excluding carboxylic acids is 1. The van der Waals surface area contributed by atoms with Crippen LogP contribution >= 0.6 is 0 Å². The average Bonchev–Trinajstić information content (AvgIpc) is 2.25. The summed E-state index contributed by atoms with van der Waals surface area (Å²) in [5, 5.41) is 5.13.